The molecule has 2 aromatic rings. The highest BCUT2D eigenvalue weighted by Crippen LogP contribution is 2.26. The number of carbonyl (C=O) groups excluding carboxylic acids is 1. The van der Waals surface area contributed by atoms with Crippen molar-refractivity contribution in [2.75, 3.05) is 26.0 Å². The number of nitrogens with one attached hydrogen (secondary N) is 1. The highest BCUT2D eigenvalue weighted by Gasteiger charge is 2.32. The average molecular weight is 368 g/mol. The number of ether oxygens (including phenoxy) is 2. The Labute approximate surface area is 149 Å². The number of hydrogen-bond donors (Lipinski definition) is 1. The molecule has 0 heterocycles. The van der Waals surface area contributed by atoms with Crippen molar-refractivity contribution in [3.8, 4) is 11.5 Å². The molecule has 0 saturated carbocycles. The molecule has 1 amide bonds. The summed E-state index contributed by atoms with van der Waals surface area (Å²) in [6.45, 7) is 0.134. The second-order valence-electron chi connectivity index (χ2n) is 5.60. The van der Waals surface area contributed by atoms with Gasteiger partial charge in [0, 0.05) is 17.8 Å². The Kier molecular flexibility index (Phi) is 6.46. The van der Waals surface area contributed by atoms with Gasteiger partial charge in [0.2, 0.25) is 5.91 Å². The molecule has 0 aliphatic rings. The molecular weight excluding hydrogens is 349 g/mol. The van der Waals surface area contributed by atoms with Gasteiger partial charge in [-0.05, 0) is 37.4 Å². The van der Waals surface area contributed by atoms with Crippen LogP contribution >= 0.6 is 0 Å². The molecule has 0 aromatic heterocycles. The summed E-state index contributed by atoms with van der Waals surface area (Å²) in [5.41, 5.74) is 0.939. The maximum absolute atomic E-state index is 12.5. The molecule has 2 aromatic carbocycles. The van der Waals surface area contributed by atoms with E-state index in [1.807, 2.05) is 0 Å². The van der Waals surface area contributed by atoms with Crippen LogP contribution in [0.3, 0.4) is 0 Å². The number of rotatable bonds is 7. The minimum atomic E-state index is -4.76. The van der Waals surface area contributed by atoms with Crippen LogP contribution in [-0.4, -0.2) is 37.9 Å². The number of amides is 1. The van der Waals surface area contributed by atoms with Gasteiger partial charge < -0.3 is 14.8 Å². The van der Waals surface area contributed by atoms with Gasteiger partial charge in [-0.3, -0.25) is 9.69 Å². The minimum absolute atomic E-state index is 0.00633. The van der Waals surface area contributed by atoms with E-state index in [-0.39, 0.29) is 24.7 Å². The second-order valence-corrected chi connectivity index (χ2v) is 5.60. The van der Waals surface area contributed by atoms with Gasteiger partial charge in [-0.25, -0.2) is 0 Å². The predicted molar refractivity (Wildman–Crippen MR) is 91.1 cm³/mol. The number of nitrogens with zero attached hydrogens (tertiary/aromatic N) is 1. The number of likely N-dealkylation sites (N-methyl/N-ethyl adjacent to an activating group) is 1. The Bertz CT molecular complexity index is 733. The van der Waals surface area contributed by atoms with E-state index in [9.17, 15) is 18.0 Å². The first-order valence-corrected chi connectivity index (χ1v) is 7.73. The number of alkyl halides is 3. The van der Waals surface area contributed by atoms with Gasteiger partial charge in [-0.15, -0.1) is 13.2 Å². The van der Waals surface area contributed by atoms with Gasteiger partial charge in [-0.2, -0.15) is 0 Å². The molecule has 0 spiro atoms. The van der Waals surface area contributed by atoms with Gasteiger partial charge >= 0.3 is 6.36 Å². The summed E-state index contributed by atoms with van der Waals surface area (Å²) in [5.74, 6) is 0.107. The van der Waals surface area contributed by atoms with E-state index in [1.54, 1.807) is 49.4 Å². The zero-order valence-electron chi connectivity index (χ0n) is 14.3. The molecule has 0 saturated heterocycles. The van der Waals surface area contributed by atoms with Gasteiger partial charge in [0.1, 0.15) is 11.5 Å². The van der Waals surface area contributed by atoms with Crippen molar-refractivity contribution in [2.45, 2.75) is 12.9 Å². The molecule has 0 aliphatic carbocycles. The van der Waals surface area contributed by atoms with E-state index in [4.69, 9.17) is 4.74 Å². The van der Waals surface area contributed by atoms with Crippen LogP contribution in [0.15, 0.2) is 48.5 Å². The van der Waals surface area contributed by atoms with Crippen molar-refractivity contribution in [1.29, 1.82) is 0 Å². The Balaban J connectivity index is 1.93. The molecule has 140 valence electrons. The molecule has 0 unspecified atom stereocenters. The fraction of sp³-hybridized carbons (Fsp3) is 0.278. The van der Waals surface area contributed by atoms with Gasteiger partial charge in [0.05, 0.1) is 13.7 Å². The first-order valence-electron chi connectivity index (χ1n) is 7.73. The normalized spacial score (nSPS) is 11.3. The van der Waals surface area contributed by atoms with Crippen LogP contribution in [0.5, 0.6) is 11.5 Å². The first kappa shape index (κ1) is 19.6. The quantitative estimate of drug-likeness (QED) is 0.810. The average Bonchev–Trinajstić information content (AvgIpc) is 2.56. The number of anilines is 1. The topological polar surface area (TPSA) is 50.8 Å². The SMILES string of the molecule is COc1ccc(NC(=O)CN(C)Cc2ccccc2OC(F)(F)F)cc1. The van der Waals surface area contributed by atoms with E-state index in [0.29, 0.717) is 17.0 Å². The molecule has 5 nitrogen and oxygen atoms in total. The highest BCUT2D eigenvalue weighted by molar-refractivity contribution is 5.92. The number of hydrogen-bond acceptors (Lipinski definition) is 4. The van der Waals surface area contributed by atoms with Crippen LogP contribution in [0.25, 0.3) is 0 Å². The molecule has 26 heavy (non-hydrogen) atoms. The highest BCUT2D eigenvalue weighted by atomic mass is 19.4. The molecule has 0 atom stereocenters. The van der Waals surface area contributed by atoms with Crippen molar-refractivity contribution in [3.63, 3.8) is 0 Å². The zero-order valence-corrected chi connectivity index (χ0v) is 14.3. The summed E-state index contributed by atoms with van der Waals surface area (Å²) in [6, 6.07) is 12.7. The molecule has 0 aliphatic heterocycles. The van der Waals surface area contributed by atoms with E-state index in [1.165, 1.54) is 18.2 Å². The van der Waals surface area contributed by atoms with Gasteiger partial charge in [0.25, 0.3) is 0 Å². The maximum atomic E-state index is 12.5. The number of methoxy groups -OCH3 is 1. The Hall–Kier alpha value is -2.74. The lowest BCUT2D eigenvalue weighted by molar-refractivity contribution is -0.275. The van der Waals surface area contributed by atoms with Crippen LogP contribution in [0, 0.1) is 0 Å². The van der Waals surface area contributed by atoms with Crippen LogP contribution < -0.4 is 14.8 Å². The third-order valence-corrected chi connectivity index (χ3v) is 3.43. The van der Waals surface area contributed by atoms with Crippen molar-refractivity contribution < 1.29 is 27.4 Å². The molecule has 8 heteroatoms. The Morgan fingerprint density at radius 2 is 1.77 bits per heavy atom. The van der Waals surface area contributed by atoms with Gasteiger partial charge in [0.15, 0.2) is 0 Å². The minimum Gasteiger partial charge on any atom is -0.497 e. The third-order valence-electron chi connectivity index (χ3n) is 3.43. The first-order chi connectivity index (χ1) is 12.3. The zero-order chi connectivity index (χ0) is 19.2. The molecular formula is C18H19F3N2O3. The molecule has 0 radical (unpaired) electrons. The van der Waals surface area contributed by atoms with E-state index >= 15 is 0 Å². The van der Waals surface area contributed by atoms with Crippen LogP contribution in [0.2, 0.25) is 0 Å². The Morgan fingerprint density at radius 1 is 1.12 bits per heavy atom. The smallest absolute Gasteiger partial charge is 0.497 e. The standard InChI is InChI=1S/C18H19F3N2O3/c1-23(11-13-5-3-4-6-16(13)26-18(19,20)21)12-17(24)22-14-7-9-15(25-2)10-8-14/h3-10H,11-12H2,1-2H3,(H,22,24). The van der Waals surface area contributed by atoms with E-state index in [0.717, 1.165) is 0 Å². The van der Waals surface area contributed by atoms with Crippen molar-refractivity contribution in [2.24, 2.45) is 0 Å². The summed E-state index contributed by atoms with van der Waals surface area (Å²) >= 11 is 0. The summed E-state index contributed by atoms with van der Waals surface area (Å²) in [7, 11) is 3.18. The summed E-state index contributed by atoms with van der Waals surface area (Å²) in [5, 5.41) is 2.72. The van der Waals surface area contributed by atoms with Crippen molar-refractivity contribution in [1.82, 2.24) is 4.90 Å². The largest absolute Gasteiger partial charge is 0.573 e. The summed E-state index contributed by atoms with van der Waals surface area (Å²) in [4.78, 5) is 13.7. The number of halogens is 3. The maximum Gasteiger partial charge on any atom is 0.573 e. The van der Waals surface area contributed by atoms with Crippen LogP contribution in [-0.2, 0) is 11.3 Å². The summed E-state index contributed by atoms with van der Waals surface area (Å²) in [6.07, 6.45) is -4.76. The molecule has 2 rings (SSSR count). The second kappa shape index (κ2) is 8.57. The lowest BCUT2D eigenvalue weighted by Gasteiger charge is -2.19. The summed E-state index contributed by atoms with van der Waals surface area (Å²) < 4.78 is 46.4. The number of carbonyl (C=O) groups is 1. The number of benzene rings is 2. The molecule has 0 fully saturated rings. The van der Waals surface area contributed by atoms with Crippen LogP contribution in [0.1, 0.15) is 5.56 Å². The lowest BCUT2D eigenvalue weighted by atomic mass is 10.2. The molecule has 0 bridgehead atoms. The molecule has 1 N–H and O–H groups in total. The lowest BCUT2D eigenvalue weighted by Crippen LogP contribution is -2.30. The van der Waals surface area contributed by atoms with Gasteiger partial charge in [-0.1, -0.05) is 18.2 Å². The van der Waals surface area contributed by atoms with E-state index in [2.05, 4.69) is 10.1 Å². The predicted octanol–water partition coefficient (Wildman–Crippen LogP) is 3.66. The van der Waals surface area contributed by atoms with Crippen LogP contribution in [0.4, 0.5) is 18.9 Å². The van der Waals surface area contributed by atoms with E-state index < -0.39 is 6.36 Å². The third kappa shape index (κ3) is 6.29. The fourth-order valence-electron chi connectivity index (χ4n) is 2.33. The van der Waals surface area contributed by atoms with Crippen molar-refractivity contribution >= 4 is 11.6 Å². The van der Waals surface area contributed by atoms with Crippen molar-refractivity contribution in [3.05, 3.63) is 54.1 Å². The number of para-hydroxylation sites is 1. The Morgan fingerprint density at radius 3 is 2.38 bits per heavy atom. The fourth-order valence-corrected chi connectivity index (χ4v) is 2.33. The monoisotopic (exact) mass is 368 g/mol.